The minimum Gasteiger partial charge on any atom is -0.396 e. The summed E-state index contributed by atoms with van der Waals surface area (Å²) in [5, 5.41) is 12.3. The fourth-order valence-corrected chi connectivity index (χ4v) is 1.72. The van der Waals surface area contributed by atoms with Crippen molar-refractivity contribution in [3.8, 4) is 11.3 Å². The first-order valence-electron chi connectivity index (χ1n) is 5.85. The lowest BCUT2D eigenvalue weighted by atomic mass is 10.1. The number of nitrogens with zero attached hydrogens (tertiary/aromatic N) is 1. The van der Waals surface area contributed by atoms with Gasteiger partial charge in [0.05, 0.1) is 5.56 Å². The summed E-state index contributed by atoms with van der Waals surface area (Å²) in [5.41, 5.74) is -1.02. The highest BCUT2D eigenvalue weighted by molar-refractivity contribution is 5.60. The minimum absolute atomic E-state index is 0.0230. The Morgan fingerprint density at radius 3 is 2.60 bits per heavy atom. The molecule has 0 saturated carbocycles. The third kappa shape index (κ3) is 3.16. The summed E-state index contributed by atoms with van der Waals surface area (Å²) < 4.78 is 55.9. The Morgan fingerprint density at radius 2 is 1.95 bits per heavy atom. The van der Waals surface area contributed by atoms with E-state index in [1.54, 1.807) is 0 Å². The highest BCUT2D eigenvalue weighted by Crippen LogP contribution is 2.34. The number of aryl methyl sites for hydroxylation is 1. The predicted molar refractivity (Wildman–Crippen MR) is 62.3 cm³/mol. The van der Waals surface area contributed by atoms with Crippen molar-refractivity contribution < 1.29 is 27.2 Å². The molecular formula is C13H11F4NO2. The fourth-order valence-electron chi connectivity index (χ4n) is 1.72. The van der Waals surface area contributed by atoms with E-state index < -0.39 is 17.6 Å². The molecule has 0 amide bonds. The number of aliphatic hydroxyl groups is 1. The summed E-state index contributed by atoms with van der Waals surface area (Å²) in [7, 11) is 0. The second-order valence-corrected chi connectivity index (χ2v) is 4.20. The third-order valence-electron chi connectivity index (χ3n) is 2.71. The topological polar surface area (TPSA) is 46.3 Å². The minimum atomic E-state index is -4.76. The molecule has 108 valence electrons. The van der Waals surface area contributed by atoms with Crippen LogP contribution in [0.3, 0.4) is 0 Å². The van der Waals surface area contributed by atoms with Gasteiger partial charge in [0.25, 0.3) is 0 Å². The molecule has 2 aromatic rings. The number of rotatable bonds is 4. The van der Waals surface area contributed by atoms with Gasteiger partial charge in [-0.2, -0.15) is 13.2 Å². The molecule has 0 unspecified atom stereocenters. The molecule has 1 aromatic heterocycles. The Bertz CT molecular complexity index is 592. The molecule has 0 atom stereocenters. The number of aromatic nitrogens is 1. The Morgan fingerprint density at radius 1 is 1.20 bits per heavy atom. The van der Waals surface area contributed by atoms with Crippen LogP contribution >= 0.6 is 0 Å². The standard InChI is InChI=1S/C13H11F4NO2/c14-11-4-3-8(6-10(11)13(15,16)17)12-7-9(20-18-12)2-1-5-19/h3-4,6-7,19H,1-2,5H2. The summed E-state index contributed by atoms with van der Waals surface area (Å²) in [4.78, 5) is 0. The lowest BCUT2D eigenvalue weighted by Crippen LogP contribution is -2.08. The van der Waals surface area contributed by atoms with Gasteiger partial charge in [0.2, 0.25) is 0 Å². The van der Waals surface area contributed by atoms with Crippen molar-refractivity contribution in [2.24, 2.45) is 0 Å². The maximum atomic E-state index is 13.2. The quantitative estimate of drug-likeness (QED) is 0.877. The van der Waals surface area contributed by atoms with E-state index in [4.69, 9.17) is 9.63 Å². The van der Waals surface area contributed by atoms with Crippen LogP contribution in [0.15, 0.2) is 28.8 Å². The Balaban J connectivity index is 2.31. The number of hydrogen-bond donors (Lipinski definition) is 1. The van der Waals surface area contributed by atoms with Crippen molar-refractivity contribution in [1.82, 2.24) is 5.16 Å². The second-order valence-electron chi connectivity index (χ2n) is 4.20. The largest absolute Gasteiger partial charge is 0.419 e. The second kappa shape index (κ2) is 5.62. The maximum Gasteiger partial charge on any atom is 0.419 e. The average molecular weight is 289 g/mol. The molecular weight excluding hydrogens is 278 g/mol. The molecule has 0 aliphatic carbocycles. The van der Waals surface area contributed by atoms with E-state index >= 15 is 0 Å². The van der Waals surface area contributed by atoms with Crippen LogP contribution in [0.4, 0.5) is 17.6 Å². The highest BCUT2D eigenvalue weighted by atomic mass is 19.4. The van der Waals surface area contributed by atoms with E-state index in [2.05, 4.69) is 5.16 Å². The van der Waals surface area contributed by atoms with E-state index in [1.807, 2.05) is 0 Å². The molecule has 0 spiro atoms. The van der Waals surface area contributed by atoms with E-state index in [-0.39, 0.29) is 17.9 Å². The van der Waals surface area contributed by atoms with Crippen molar-refractivity contribution >= 4 is 0 Å². The number of aliphatic hydroxyl groups excluding tert-OH is 1. The monoisotopic (exact) mass is 289 g/mol. The molecule has 0 saturated heterocycles. The molecule has 0 radical (unpaired) electrons. The lowest BCUT2D eigenvalue weighted by Gasteiger charge is -2.08. The van der Waals surface area contributed by atoms with Gasteiger partial charge in [0, 0.05) is 24.7 Å². The normalized spacial score (nSPS) is 11.8. The molecule has 0 aliphatic rings. The number of benzene rings is 1. The van der Waals surface area contributed by atoms with Crippen LogP contribution in [0, 0.1) is 5.82 Å². The van der Waals surface area contributed by atoms with Gasteiger partial charge >= 0.3 is 6.18 Å². The van der Waals surface area contributed by atoms with Gasteiger partial charge in [-0.1, -0.05) is 5.16 Å². The number of alkyl halides is 3. The van der Waals surface area contributed by atoms with E-state index in [0.717, 1.165) is 6.07 Å². The molecule has 0 bridgehead atoms. The zero-order valence-electron chi connectivity index (χ0n) is 10.2. The molecule has 1 heterocycles. The van der Waals surface area contributed by atoms with E-state index in [1.165, 1.54) is 12.1 Å². The van der Waals surface area contributed by atoms with Crippen LogP contribution in [0.1, 0.15) is 17.7 Å². The van der Waals surface area contributed by atoms with Gasteiger partial charge in [-0.05, 0) is 24.6 Å². The van der Waals surface area contributed by atoms with Crippen LogP contribution in [0.2, 0.25) is 0 Å². The Labute approximate surface area is 111 Å². The van der Waals surface area contributed by atoms with Gasteiger partial charge in [0.1, 0.15) is 17.3 Å². The molecule has 1 aromatic carbocycles. The zero-order chi connectivity index (χ0) is 14.8. The molecule has 1 N–H and O–H groups in total. The van der Waals surface area contributed by atoms with Gasteiger partial charge in [-0.15, -0.1) is 0 Å². The third-order valence-corrected chi connectivity index (χ3v) is 2.71. The first-order valence-corrected chi connectivity index (χ1v) is 5.85. The summed E-state index contributed by atoms with van der Waals surface area (Å²) in [6, 6.07) is 4.13. The fraction of sp³-hybridized carbons (Fsp3) is 0.308. The van der Waals surface area contributed by atoms with Crippen molar-refractivity contribution in [2.75, 3.05) is 6.61 Å². The first kappa shape index (κ1) is 14.5. The Hall–Kier alpha value is -1.89. The van der Waals surface area contributed by atoms with Crippen molar-refractivity contribution in [2.45, 2.75) is 19.0 Å². The molecule has 0 aliphatic heterocycles. The van der Waals surface area contributed by atoms with Crippen LogP contribution in [-0.4, -0.2) is 16.9 Å². The zero-order valence-corrected chi connectivity index (χ0v) is 10.2. The molecule has 2 rings (SSSR count). The van der Waals surface area contributed by atoms with Crippen LogP contribution in [-0.2, 0) is 12.6 Å². The van der Waals surface area contributed by atoms with Gasteiger partial charge in [-0.3, -0.25) is 0 Å². The first-order chi connectivity index (χ1) is 9.41. The SMILES string of the molecule is OCCCc1cc(-c2ccc(F)c(C(F)(F)F)c2)no1. The van der Waals surface area contributed by atoms with Crippen LogP contribution in [0.25, 0.3) is 11.3 Å². The van der Waals surface area contributed by atoms with Gasteiger partial charge < -0.3 is 9.63 Å². The van der Waals surface area contributed by atoms with E-state index in [0.29, 0.717) is 24.7 Å². The summed E-state index contributed by atoms with van der Waals surface area (Å²) >= 11 is 0. The van der Waals surface area contributed by atoms with Gasteiger partial charge in [-0.25, -0.2) is 4.39 Å². The maximum absolute atomic E-state index is 13.2. The predicted octanol–water partition coefficient (Wildman–Crippen LogP) is 3.42. The molecule has 3 nitrogen and oxygen atoms in total. The van der Waals surface area contributed by atoms with Crippen LogP contribution in [0.5, 0.6) is 0 Å². The number of halogens is 4. The van der Waals surface area contributed by atoms with Crippen LogP contribution < -0.4 is 0 Å². The average Bonchev–Trinajstić information content (AvgIpc) is 2.84. The van der Waals surface area contributed by atoms with E-state index in [9.17, 15) is 17.6 Å². The summed E-state index contributed by atoms with van der Waals surface area (Å²) in [6.07, 6.45) is -3.87. The lowest BCUT2D eigenvalue weighted by molar-refractivity contribution is -0.139. The molecule has 0 fully saturated rings. The van der Waals surface area contributed by atoms with Crippen molar-refractivity contribution in [1.29, 1.82) is 0 Å². The highest BCUT2D eigenvalue weighted by Gasteiger charge is 2.34. The smallest absolute Gasteiger partial charge is 0.396 e. The molecule has 7 heteroatoms. The van der Waals surface area contributed by atoms with Gasteiger partial charge in [0.15, 0.2) is 0 Å². The Kier molecular flexibility index (Phi) is 4.08. The number of hydrogen-bond acceptors (Lipinski definition) is 3. The van der Waals surface area contributed by atoms with Crippen molar-refractivity contribution in [3.63, 3.8) is 0 Å². The summed E-state index contributed by atoms with van der Waals surface area (Å²) in [6.45, 7) is -0.0230. The van der Waals surface area contributed by atoms with Crippen molar-refractivity contribution in [3.05, 3.63) is 41.4 Å². The molecule has 20 heavy (non-hydrogen) atoms. The summed E-state index contributed by atoms with van der Waals surface area (Å²) in [5.74, 6) is -0.878.